The van der Waals surface area contributed by atoms with Crippen LogP contribution < -0.4 is 5.73 Å². The molecule has 3 rings (SSSR count). The summed E-state index contributed by atoms with van der Waals surface area (Å²) in [6.07, 6.45) is 4.07. The van der Waals surface area contributed by atoms with Gasteiger partial charge in [-0.25, -0.2) is 0 Å². The van der Waals surface area contributed by atoms with E-state index in [0.717, 1.165) is 14.2 Å². The van der Waals surface area contributed by atoms with E-state index >= 15 is 0 Å². The Hall–Kier alpha value is -0.160. The first-order valence-electron chi connectivity index (χ1n) is 6.45. The molecule has 0 aliphatic heterocycles. The zero-order chi connectivity index (χ0) is 13.4. The topological polar surface area (TPSA) is 26.0 Å². The second kappa shape index (κ2) is 5.68. The van der Waals surface area contributed by atoms with Crippen molar-refractivity contribution in [3.05, 3.63) is 54.6 Å². The number of hydrogen-bond donors (Lipinski definition) is 1. The minimum atomic E-state index is -0.0389. The standard InChI is InChI=1S/C15H15Br2NS/c16-12-8-13(19-15(12)17)14(18)11-6-4-10(5-7-11)9-2-1-3-9/h4-9,14H,1-3,18H2. The Kier molecular flexibility index (Phi) is 4.13. The van der Waals surface area contributed by atoms with Crippen molar-refractivity contribution in [3.8, 4) is 0 Å². The summed E-state index contributed by atoms with van der Waals surface area (Å²) in [5.41, 5.74) is 8.99. The molecule has 0 spiro atoms. The molecule has 1 aromatic heterocycles. The van der Waals surface area contributed by atoms with E-state index in [4.69, 9.17) is 5.73 Å². The molecule has 100 valence electrons. The predicted molar refractivity (Wildman–Crippen MR) is 88.8 cm³/mol. The number of halogens is 2. The van der Waals surface area contributed by atoms with E-state index in [9.17, 15) is 0 Å². The fourth-order valence-corrected chi connectivity index (χ4v) is 4.52. The van der Waals surface area contributed by atoms with E-state index in [0.29, 0.717) is 0 Å². The van der Waals surface area contributed by atoms with Gasteiger partial charge < -0.3 is 5.73 Å². The van der Waals surface area contributed by atoms with Crippen LogP contribution in [0.15, 0.2) is 38.6 Å². The smallest absolute Gasteiger partial charge is 0.0843 e. The van der Waals surface area contributed by atoms with Gasteiger partial charge in [0.05, 0.1) is 9.83 Å². The van der Waals surface area contributed by atoms with Crippen molar-refractivity contribution in [2.24, 2.45) is 5.73 Å². The fraction of sp³-hybridized carbons (Fsp3) is 0.333. The molecule has 1 heterocycles. The van der Waals surface area contributed by atoms with E-state index in [1.165, 1.54) is 35.3 Å². The van der Waals surface area contributed by atoms with Crippen molar-refractivity contribution in [2.45, 2.75) is 31.2 Å². The summed E-state index contributed by atoms with van der Waals surface area (Å²) in [6.45, 7) is 0. The fourth-order valence-electron chi connectivity index (χ4n) is 2.40. The lowest BCUT2D eigenvalue weighted by atomic mass is 9.80. The average Bonchev–Trinajstić information content (AvgIpc) is 2.68. The molecule has 1 unspecified atom stereocenters. The highest BCUT2D eigenvalue weighted by atomic mass is 79.9. The highest BCUT2D eigenvalue weighted by Crippen LogP contribution is 2.38. The normalized spacial score (nSPS) is 17.2. The van der Waals surface area contributed by atoms with E-state index in [-0.39, 0.29) is 6.04 Å². The lowest BCUT2D eigenvalue weighted by Crippen LogP contribution is -2.12. The maximum absolute atomic E-state index is 6.34. The monoisotopic (exact) mass is 399 g/mol. The van der Waals surface area contributed by atoms with Crippen molar-refractivity contribution in [1.29, 1.82) is 0 Å². The SMILES string of the molecule is NC(c1ccc(C2CCC2)cc1)c1cc(Br)c(Br)s1. The quantitative estimate of drug-likeness (QED) is 0.713. The van der Waals surface area contributed by atoms with Gasteiger partial charge in [0.25, 0.3) is 0 Å². The van der Waals surface area contributed by atoms with Gasteiger partial charge in [0, 0.05) is 9.35 Å². The highest BCUT2D eigenvalue weighted by Gasteiger charge is 2.20. The van der Waals surface area contributed by atoms with Crippen LogP contribution in [0.4, 0.5) is 0 Å². The largest absolute Gasteiger partial charge is 0.320 e. The third-order valence-electron chi connectivity index (χ3n) is 3.84. The molecule has 2 N–H and O–H groups in total. The molecule has 0 amide bonds. The first kappa shape index (κ1) is 13.8. The highest BCUT2D eigenvalue weighted by molar-refractivity contribution is 9.13. The molecule has 0 bridgehead atoms. The number of rotatable bonds is 3. The number of benzene rings is 1. The van der Waals surface area contributed by atoms with Crippen molar-refractivity contribution in [2.75, 3.05) is 0 Å². The third kappa shape index (κ3) is 2.82. The van der Waals surface area contributed by atoms with Crippen LogP contribution in [0, 0.1) is 0 Å². The van der Waals surface area contributed by atoms with Crippen LogP contribution in [0.25, 0.3) is 0 Å². The van der Waals surface area contributed by atoms with Gasteiger partial charge in [-0.05, 0) is 67.8 Å². The number of hydrogen-bond acceptors (Lipinski definition) is 2. The minimum absolute atomic E-state index is 0.0389. The summed E-state index contributed by atoms with van der Waals surface area (Å²) in [5, 5.41) is 0. The van der Waals surface area contributed by atoms with Gasteiger partial charge in [-0.3, -0.25) is 0 Å². The molecular weight excluding hydrogens is 386 g/mol. The van der Waals surface area contributed by atoms with Crippen LogP contribution in [0.5, 0.6) is 0 Å². The molecule has 1 aliphatic rings. The van der Waals surface area contributed by atoms with Gasteiger partial charge in [-0.2, -0.15) is 0 Å². The molecule has 1 atom stereocenters. The molecule has 2 aromatic rings. The first-order valence-corrected chi connectivity index (χ1v) is 8.85. The van der Waals surface area contributed by atoms with E-state index in [2.05, 4.69) is 62.2 Å². The number of thiophene rings is 1. The molecule has 0 radical (unpaired) electrons. The third-order valence-corrected chi connectivity index (χ3v) is 7.18. The van der Waals surface area contributed by atoms with Gasteiger partial charge >= 0.3 is 0 Å². The Morgan fingerprint density at radius 3 is 2.32 bits per heavy atom. The van der Waals surface area contributed by atoms with Crippen LogP contribution >= 0.6 is 43.2 Å². The van der Waals surface area contributed by atoms with E-state index < -0.39 is 0 Å². The molecule has 1 fully saturated rings. The van der Waals surface area contributed by atoms with Gasteiger partial charge in [-0.15, -0.1) is 11.3 Å². The molecule has 1 aromatic carbocycles. The summed E-state index contributed by atoms with van der Waals surface area (Å²) in [5.74, 6) is 0.787. The van der Waals surface area contributed by atoms with Crippen molar-refractivity contribution < 1.29 is 0 Å². The van der Waals surface area contributed by atoms with Gasteiger partial charge in [0.1, 0.15) is 0 Å². The van der Waals surface area contributed by atoms with Crippen molar-refractivity contribution in [1.82, 2.24) is 0 Å². The predicted octanol–water partition coefficient (Wildman–Crippen LogP) is 5.59. The van der Waals surface area contributed by atoms with E-state index in [1.807, 2.05) is 0 Å². The second-order valence-electron chi connectivity index (χ2n) is 5.04. The molecule has 1 nitrogen and oxygen atoms in total. The van der Waals surface area contributed by atoms with Crippen molar-refractivity contribution in [3.63, 3.8) is 0 Å². The Bertz CT molecular complexity index is 553. The molecule has 1 aliphatic carbocycles. The summed E-state index contributed by atoms with van der Waals surface area (Å²) in [4.78, 5) is 1.18. The summed E-state index contributed by atoms with van der Waals surface area (Å²) < 4.78 is 2.18. The first-order chi connectivity index (χ1) is 9.15. The minimum Gasteiger partial charge on any atom is -0.320 e. The maximum Gasteiger partial charge on any atom is 0.0843 e. The summed E-state index contributed by atoms with van der Waals surface area (Å²) >= 11 is 8.72. The summed E-state index contributed by atoms with van der Waals surface area (Å²) in [7, 11) is 0. The molecule has 0 saturated heterocycles. The van der Waals surface area contributed by atoms with Crippen molar-refractivity contribution >= 4 is 43.2 Å². The van der Waals surface area contributed by atoms with Crippen LogP contribution in [0.3, 0.4) is 0 Å². The average molecular weight is 401 g/mol. The van der Waals surface area contributed by atoms with E-state index in [1.54, 1.807) is 11.3 Å². The van der Waals surface area contributed by atoms with Crippen LogP contribution in [0.1, 0.15) is 47.2 Å². The van der Waals surface area contributed by atoms with Crippen LogP contribution in [0.2, 0.25) is 0 Å². The van der Waals surface area contributed by atoms with Gasteiger partial charge in [0.2, 0.25) is 0 Å². The Labute approximate surface area is 134 Å². The Morgan fingerprint density at radius 1 is 1.16 bits per heavy atom. The van der Waals surface area contributed by atoms with Crippen LogP contribution in [-0.2, 0) is 0 Å². The lowest BCUT2D eigenvalue weighted by Gasteiger charge is -2.26. The molecular formula is C15H15Br2NS. The van der Waals surface area contributed by atoms with Gasteiger partial charge in [-0.1, -0.05) is 30.7 Å². The second-order valence-corrected chi connectivity index (χ2v) is 8.30. The lowest BCUT2D eigenvalue weighted by molar-refractivity contribution is 0.419. The molecule has 1 saturated carbocycles. The van der Waals surface area contributed by atoms with Crippen LogP contribution in [-0.4, -0.2) is 0 Å². The molecule has 4 heteroatoms. The zero-order valence-electron chi connectivity index (χ0n) is 10.4. The Balaban J connectivity index is 1.81. The zero-order valence-corrected chi connectivity index (χ0v) is 14.4. The van der Waals surface area contributed by atoms with Gasteiger partial charge in [0.15, 0.2) is 0 Å². The molecule has 19 heavy (non-hydrogen) atoms. The summed E-state index contributed by atoms with van der Waals surface area (Å²) in [6, 6.07) is 10.9. The maximum atomic E-state index is 6.34. The number of nitrogens with two attached hydrogens (primary N) is 1. The Morgan fingerprint density at radius 2 is 1.84 bits per heavy atom.